The molecule has 0 saturated heterocycles. The summed E-state index contributed by atoms with van der Waals surface area (Å²) in [6.45, 7) is 0. The van der Waals surface area contributed by atoms with E-state index in [2.05, 4.69) is 35.8 Å². The summed E-state index contributed by atoms with van der Waals surface area (Å²) in [6.07, 6.45) is 1.43. The average Bonchev–Trinajstić information content (AvgIpc) is 3.49. The first-order valence-corrected chi connectivity index (χ1v) is 9.79. The van der Waals surface area contributed by atoms with Gasteiger partial charge in [0.05, 0.1) is 27.5 Å². The molecular formula is C21H20N8O5. The maximum Gasteiger partial charge on any atom is 0.294 e. The Hall–Kier alpha value is -4.94. The van der Waals surface area contributed by atoms with Gasteiger partial charge >= 0.3 is 0 Å². The number of nitrogens with one attached hydrogen (secondary N) is 1. The van der Waals surface area contributed by atoms with Crippen LogP contribution < -0.4 is 25.4 Å². The van der Waals surface area contributed by atoms with E-state index in [9.17, 15) is 4.79 Å². The first-order valence-electron chi connectivity index (χ1n) is 9.79. The summed E-state index contributed by atoms with van der Waals surface area (Å²) >= 11 is 0. The highest BCUT2D eigenvalue weighted by atomic mass is 16.6. The summed E-state index contributed by atoms with van der Waals surface area (Å²) in [7, 11) is 4.61. The van der Waals surface area contributed by atoms with E-state index < -0.39 is 5.91 Å². The molecule has 0 spiro atoms. The fraction of sp³-hybridized carbons (Fsp3) is 0.143. The van der Waals surface area contributed by atoms with Crippen LogP contribution in [-0.2, 0) is 0 Å². The van der Waals surface area contributed by atoms with Gasteiger partial charge in [-0.2, -0.15) is 9.78 Å². The third-order valence-electron chi connectivity index (χ3n) is 4.73. The molecule has 3 N–H and O–H groups in total. The van der Waals surface area contributed by atoms with Crippen LogP contribution in [-0.4, -0.2) is 58.8 Å². The van der Waals surface area contributed by atoms with Crippen LogP contribution >= 0.6 is 0 Å². The number of nitrogens with two attached hydrogens (primary N) is 1. The van der Waals surface area contributed by atoms with Gasteiger partial charge in [0.1, 0.15) is 22.9 Å². The number of anilines is 1. The number of methoxy groups -OCH3 is 3. The minimum Gasteiger partial charge on any atom is -0.497 e. The van der Waals surface area contributed by atoms with Gasteiger partial charge in [-0.05, 0) is 40.6 Å². The number of nitrogen functional groups attached to an aromatic ring is 1. The summed E-state index contributed by atoms with van der Waals surface area (Å²) in [5.74, 6) is 1.15. The lowest BCUT2D eigenvalue weighted by Gasteiger charge is -2.08. The predicted molar refractivity (Wildman–Crippen MR) is 120 cm³/mol. The van der Waals surface area contributed by atoms with Crippen molar-refractivity contribution in [3.05, 3.63) is 53.7 Å². The van der Waals surface area contributed by atoms with E-state index in [0.29, 0.717) is 28.4 Å². The van der Waals surface area contributed by atoms with E-state index >= 15 is 0 Å². The minimum atomic E-state index is -0.628. The summed E-state index contributed by atoms with van der Waals surface area (Å²) in [4.78, 5) is 13.0. The third kappa shape index (κ3) is 4.34. The number of hydrogen-bond donors (Lipinski definition) is 2. The van der Waals surface area contributed by atoms with Crippen molar-refractivity contribution in [2.45, 2.75) is 0 Å². The molecule has 4 aromatic rings. The highest BCUT2D eigenvalue weighted by molar-refractivity contribution is 5.99. The zero-order chi connectivity index (χ0) is 24.1. The standard InChI is InChI=1S/C21H20N8O5/c1-31-14-6-4-5-12(9-14)18-17(24-28-29(18)20-19(22)26-34-27-20)21(30)25-23-11-13-10-15(32-2)7-8-16(13)33-3/h4-11H,1-3H3,(H2,22,26)(H,25,30)/b23-11-. The second kappa shape index (κ2) is 9.68. The van der Waals surface area contributed by atoms with Gasteiger partial charge in [0.15, 0.2) is 5.69 Å². The van der Waals surface area contributed by atoms with E-state index in [-0.39, 0.29) is 23.0 Å². The minimum absolute atomic E-state index is 0.0239. The van der Waals surface area contributed by atoms with Crippen LogP contribution in [0.2, 0.25) is 0 Å². The molecule has 2 aromatic carbocycles. The van der Waals surface area contributed by atoms with E-state index in [4.69, 9.17) is 19.9 Å². The Morgan fingerprint density at radius 1 is 1.09 bits per heavy atom. The van der Waals surface area contributed by atoms with Gasteiger partial charge in [-0.3, -0.25) is 4.79 Å². The number of ether oxygens (including phenoxy) is 3. The van der Waals surface area contributed by atoms with Crippen molar-refractivity contribution in [1.29, 1.82) is 0 Å². The Balaban J connectivity index is 1.69. The van der Waals surface area contributed by atoms with Gasteiger partial charge < -0.3 is 19.9 Å². The molecule has 34 heavy (non-hydrogen) atoms. The van der Waals surface area contributed by atoms with Crippen LogP contribution in [0.5, 0.6) is 17.2 Å². The number of amides is 1. The van der Waals surface area contributed by atoms with Crippen LogP contribution in [0.1, 0.15) is 16.1 Å². The zero-order valence-corrected chi connectivity index (χ0v) is 18.4. The SMILES string of the molecule is COc1cccc(-c2c(C(=O)N/N=C\c3cc(OC)ccc3OC)nnn2-c2nonc2N)c1. The van der Waals surface area contributed by atoms with Crippen LogP contribution in [0, 0.1) is 0 Å². The molecule has 0 aliphatic heterocycles. The molecule has 13 nitrogen and oxygen atoms in total. The molecule has 4 rings (SSSR count). The normalized spacial score (nSPS) is 10.9. The molecule has 174 valence electrons. The van der Waals surface area contributed by atoms with Gasteiger partial charge in [-0.25, -0.2) is 10.1 Å². The van der Waals surface area contributed by atoms with E-state index in [1.54, 1.807) is 49.6 Å². The monoisotopic (exact) mass is 464 g/mol. The smallest absolute Gasteiger partial charge is 0.294 e. The van der Waals surface area contributed by atoms with Crippen molar-refractivity contribution in [2.24, 2.45) is 5.10 Å². The summed E-state index contributed by atoms with van der Waals surface area (Å²) in [6, 6.07) is 12.2. The number of hydrazone groups is 1. The molecular weight excluding hydrogens is 444 g/mol. The fourth-order valence-electron chi connectivity index (χ4n) is 3.10. The van der Waals surface area contributed by atoms with E-state index in [1.807, 2.05) is 0 Å². The van der Waals surface area contributed by atoms with Gasteiger partial charge in [0.25, 0.3) is 5.91 Å². The lowest BCUT2D eigenvalue weighted by atomic mass is 10.1. The first-order chi connectivity index (χ1) is 16.5. The maximum absolute atomic E-state index is 13.0. The lowest BCUT2D eigenvalue weighted by Crippen LogP contribution is -2.19. The molecule has 0 saturated carbocycles. The van der Waals surface area contributed by atoms with Gasteiger partial charge in [0.2, 0.25) is 11.6 Å². The van der Waals surface area contributed by atoms with Crippen molar-refractivity contribution in [3.8, 4) is 34.3 Å². The topological polar surface area (TPSA) is 165 Å². The molecule has 1 amide bonds. The van der Waals surface area contributed by atoms with E-state index in [0.717, 1.165) is 0 Å². The number of benzene rings is 2. The molecule has 13 heteroatoms. The van der Waals surface area contributed by atoms with Gasteiger partial charge in [-0.15, -0.1) is 5.10 Å². The van der Waals surface area contributed by atoms with Gasteiger partial charge in [-0.1, -0.05) is 17.3 Å². The van der Waals surface area contributed by atoms with Crippen molar-refractivity contribution < 1.29 is 23.6 Å². The molecule has 0 bridgehead atoms. The van der Waals surface area contributed by atoms with Crippen LogP contribution in [0.25, 0.3) is 17.1 Å². The van der Waals surface area contributed by atoms with Crippen LogP contribution in [0.3, 0.4) is 0 Å². The number of carbonyl (C=O) groups is 1. The summed E-state index contributed by atoms with van der Waals surface area (Å²) < 4.78 is 21.8. The number of nitrogens with zero attached hydrogens (tertiary/aromatic N) is 6. The molecule has 2 heterocycles. The second-order valence-electron chi connectivity index (χ2n) is 6.71. The Bertz CT molecular complexity index is 1350. The number of hydrogen-bond acceptors (Lipinski definition) is 11. The van der Waals surface area contributed by atoms with Crippen LogP contribution in [0.4, 0.5) is 5.82 Å². The molecule has 0 unspecified atom stereocenters. The molecule has 2 aromatic heterocycles. The lowest BCUT2D eigenvalue weighted by molar-refractivity contribution is 0.0950. The number of rotatable bonds is 8. The van der Waals surface area contributed by atoms with E-state index in [1.165, 1.54) is 25.1 Å². The van der Waals surface area contributed by atoms with Crippen molar-refractivity contribution in [2.75, 3.05) is 27.1 Å². The second-order valence-corrected chi connectivity index (χ2v) is 6.71. The van der Waals surface area contributed by atoms with Crippen molar-refractivity contribution in [3.63, 3.8) is 0 Å². The third-order valence-corrected chi connectivity index (χ3v) is 4.73. The average molecular weight is 464 g/mol. The molecule has 0 aliphatic rings. The Morgan fingerprint density at radius 3 is 2.59 bits per heavy atom. The quantitative estimate of drug-likeness (QED) is 0.289. The Labute approximate surface area is 193 Å². The fourth-order valence-corrected chi connectivity index (χ4v) is 3.10. The largest absolute Gasteiger partial charge is 0.497 e. The summed E-state index contributed by atoms with van der Waals surface area (Å²) in [5.41, 5.74) is 9.69. The highest BCUT2D eigenvalue weighted by Gasteiger charge is 2.25. The molecule has 0 aliphatic carbocycles. The van der Waals surface area contributed by atoms with Crippen LogP contribution in [0.15, 0.2) is 52.2 Å². The zero-order valence-electron chi connectivity index (χ0n) is 18.4. The molecule has 0 radical (unpaired) electrons. The van der Waals surface area contributed by atoms with Crippen molar-refractivity contribution >= 4 is 17.9 Å². The number of carbonyl (C=O) groups excluding carboxylic acids is 1. The summed E-state index contributed by atoms with van der Waals surface area (Å²) in [5, 5.41) is 19.4. The predicted octanol–water partition coefficient (Wildman–Crippen LogP) is 1.69. The Morgan fingerprint density at radius 2 is 1.88 bits per heavy atom. The number of aromatic nitrogens is 5. The molecule has 0 atom stereocenters. The molecule has 0 fully saturated rings. The van der Waals surface area contributed by atoms with Crippen molar-refractivity contribution in [1.82, 2.24) is 30.7 Å². The first kappa shape index (κ1) is 22.3. The highest BCUT2D eigenvalue weighted by Crippen LogP contribution is 2.29. The maximum atomic E-state index is 13.0. The Kier molecular flexibility index (Phi) is 6.34. The van der Waals surface area contributed by atoms with Gasteiger partial charge in [0, 0.05) is 11.1 Å².